The summed E-state index contributed by atoms with van der Waals surface area (Å²) in [6.07, 6.45) is 3.07. The molecule has 8 nitrogen and oxygen atoms in total. The Morgan fingerprint density at radius 3 is 2.44 bits per heavy atom. The van der Waals surface area contributed by atoms with Crippen molar-refractivity contribution in [3.8, 4) is 0 Å². The van der Waals surface area contributed by atoms with Crippen LogP contribution >= 0.6 is 11.6 Å². The van der Waals surface area contributed by atoms with Crippen LogP contribution in [-0.4, -0.2) is 37.0 Å². The van der Waals surface area contributed by atoms with Crippen LogP contribution in [0.25, 0.3) is 0 Å². The van der Waals surface area contributed by atoms with Gasteiger partial charge in [0, 0.05) is 24.2 Å². The van der Waals surface area contributed by atoms with E-state index in [0.29, 0.717) is 18.1 Å². The molecule has 1 aliphatic rings. The third-order valence-electron chi connectivity index (χ3n) is 4.14. The van der Waals surface area contributed by atoms with E-state index in [9.17, 15) is 18.5 Å². The lowest BCUT2D eigenvalue weighted by Crippen LogP contribution is -2.27. The maximum Gasteiger partial charge on any atom is 0.295 e. The third kappa shape index (κ3) is 4.44. The number of benzene rings is 2. The zero-order valence-corrected chi connectivity index (χ0v) is 15.8. The van der Waals surface area contributed by atoms with Gasteiger partial charge in [-0.15, -0.1) is 0 Å². The van der Waals surface area contributed by atoms with Crippen molar-refractivity contribution in [3.05, 3.63) is 63.2 Å². The summed E-state index contributed by atoms with van der Waals surface area (Å²) in [6, 6.07) is 10.6. The van der Waals surface area contributed by atoms with Crippen molar-refractivity contribution in [1.29, 1.82) is 0 Å². The number of nitro groups is 1. The molecule has 1 fully saturated rings. The van der Waals surface area contributed by atoms with Crippen molar-refractivity contribution in [2.24, 2.45) is 5.10 Å². The molecule has 1 aliphatic heterocycles. The van der Waals surface area contributed by atoms with Crippen LogP contribution in [0.15, 0.2) is 52.5 Å². The molecule has 0 radical (unpaired) electrons. The number of hydrazone groups is 1. The molecule has 2 aromatic rings. The van der Waals surface area contributed by atoms with Gasteiger partial charge in [0.05, 0.1) is 16.0 Å². The second kappa shape index (κ2) is 8.03. The number of nitrogens with one attached hydrogen (secondary N) is 1. The second-order valence-corrected chi connectivity index (χ2v) is 8.34. The molecule has 0 aromatic heterocycles. The first-order valence-corrected chi connectivity index (χ1v) is 10.0. The van der Waals surface area contributed by atoms with Gasteiger partial charge in [-0.25, -0.2) is 8.42 Å². The van der Waals surface area contributed by atoms with E-state index >= 15 is 0 Å². The van der Waals surface area contributed by atoms with E-state index in [0.717, 1.165) is 24.5 Å². The summed E-state index contributed by atoms with van der Waals surface area (Å²) in [5.74, 6) is 0. The molecule has 0 saturated carbocycles. The minimum absolute atomic E-state index is 0.0941. The van der Waals surface area contributed by atoms with E-state index in [2.05, 4.69) is 10.5 Å². The van der Waals surface area contributed by atoms with E-state index in [4.69, 9.17) is 11.6 Å². The minimum Gasteiger partial charge on any atom is -0.272 e. The van der Waals surface area contributed by atoms with Crippen molar-refractivity contribution in [2.45, 2.75) is 17.7 Å². The van der Waals surface area contributed by atoms with E-state index in [1.165, 1.54) is 22.7 Å². The van der Waals surface area contributed by atoms with E-state index in [1.807, 2.05) is 0 Å². The van der Waals surface area contributed by atoms with Gasteiger partial charge in [0.15, 0.2) is 0 Å². The molecular formula is C17H17ClN4O4S. The Hall–Kier alpha value is -2.49. The Kier molecular flexibility index (Phi) is 5.73. The number of rotatable bonds is 6. The van der Waals surface area contributed by atoms with Crippen LogP contribution in [-0.2, 0) is 10.0 Å². The van der Waals surface area contributed by atoms with Gasteiger partial charge in [-0.3, -0.25) is 15.5 Å². The van der Waals surface area contributed by atoms with Gasteiger partial charge >= 0.3 is 0 Å². The van der Waals surface area contributed by atoms with Gasteiger partial charge in [-0.1, -0.05) is 23.7 Å². The molecular weight excluding hydrogens is 392 g/mol. The Morgan fingerprint density at radius 2 is 1.81 bits per heavy atom. The molecule has 0 aliphatic carbocycles. The van der Waals surface area contributed by atoms with Crippen LogP contribution in [0.2, 0.25) is 5.02 Å². The van der Waals surface area contributed by atoms with Gasteiger partial charge < -0.3 is 0 Å². The zero-order chi connectivity index (χ0) is 19.4. The molecule has 1 saturated heterocycles. The van der Waals surface area contributed by atoms with Crippen molar-refractivity contribution in [1.82, 2.24) is 4.31 Å². The highest BCUT2D eigenvalue weighted by Crippen LogP contribution is 2.30. The van der Waals surface area contributed by atoms with Crippen LogP contribution in [0.3, 0.4) is 0 Å². The number of hydrogen-bond donors (Lipinski definition) is 1. The smallest absolute Gasteiger partial charge is 0.272 e. The fourth-order valence-electron chi connectivity index (χ4n) is 2.72. The Balaban J connectivity index is 1.83. The molecule has 3 rings (SSSR count). The first-order chi connectivity index (χ1) is 12.9. The van der Waals surface area contributed by atoms with Crippen LogP contribution in [0.4, 0.5) is 11.4 Å². The molecule has 27 heavy (non-hydrogen) atoms. The molecule has 0 unspecified atom stereocenters. The van der Waals surface area contributed by atoms with Crippen LogP contribution in [0.5, 0.6) is 0 Å². The summed E-state index contributed by atoms with van der Waals surface area (Å²) >= 11 is 5.81. The number of halogens is 1. The fourth-order valence-corrected chi connectivity index (χ4v) is 4.38. The summed E-state index contributed by atoms with van der Waals surface area (Å²) in [6.45, 7) is 0.864. The van der Waals surface area contributed by atoms with E-state index in [1.54, 1.807) is 24.3 Å². The SMILES string of the molecule is O=[N+]([O-])c1cc(S(=O)(=O)N2CCCC2)ccc1N/N=C/c1ccc(Cl)cc1. The third-order valence-corrected chi connectivity index (χ3v) is 6.28. The van der Waals surface area contributed by atoms with Gasteiger partial charge in [0.25, 0.3) is 5.69 Å². The molecule has 0 amide bonds. The van der Waals surface area contributed by atoms with Crippen LogP contribution in [0, 0.1) is 10.1 Å². The number of sulfonamides is 1. The highest BCUT2D eigenvalue weighted by Gasteiger charge is 2.29. The molecule has 0 spiro atoms. The van der Waals surface area contributed by atoms with Crippen molar-refractivity contribution < 1.29 is 13.3 Å². The van der Waals surface area contributed by atoms with E-state index < -0.39 is 14.9 Å². The molecule has 10 heteroatoms. The van der Waals surface area contributed by atoms with Gasteiger partial charge in [-0.05, 0) is 42.7 Å². The number of nitrogens with zero attached hydrogens (tertiary/aromatic N) is 3. The molecule has 1 heterocycles. The summed E-state index contributed by atoms with van der Waals surface area (Å²) in [7, 11) is -3.73. The number of hydrogen-bond acceptors (Lipinski definition) is 6. The minimum atomic E-state index is -3.73. The van der Waals surface area contributed by atoms with Crippen molar-refractivity contribution >= 4 is 39.2 Å². The van der Waals surface area contributed by atoms with Crippen LogP contribution in [0.1, 0.15) is 18.4 Å². The lowest BCUT2D eigenvalue weighted by Gasteiger charge is -2.15. The predicted octanol–water partition coefficient (Wildman–Crippen LogP) is 3.48. The molecule has 0 bridgehead atoms. The number of anilines is 1. The maximum atomic E-state index is 12.6. The Bertz CT molecular complexity index is 971. The predicted molar refractivity (Wildman–Crippen MR) is 104 cm³/mol. The maximum absolute atomic E-state index is 12.6. The molecule has 1 N–H and O–H groups in total. The highest BCUT2D eigenvalue weighted by atomic mass is 35.5. The summed E-state index contributed by atoms with van der Waals surface area (Å²) < 4.78 is 26.5. The normalized spacial score (nSPS) is 15.3. The first kappa shape index (κ1) is 19.3. The Labute approximate surface area is 161 Å². The molecule has 142 valence electrons. The Morgan fingerprint density at radius 1 is 1.15 bits per heavy atom. The lowest BCUT2D eigenvalue weighted by molar-refractivity contribution is -0.384. The zero-order valence-electron chi connectivity index (χ0n) is 14.2. The molecule has 2 aromatic carbocycles. The standard InChI is InChI=1S/C17H17ClN4O4S/c18-14-5-3-13(4-6-14)12-19-20-16-8-7-15(11-17(16)22(23)24)27(25,26)21-9-1-2-10-21/h3-8,11-12,20H,1-2,9-10H2/b19-12+. The second-order valence-electron chi connectivity index (χ2n) is 5.97. The van der Waals surface area contributed by atoms with Gasteiger partial charge in [0.2, 0.25) is 10.0 Å². The van der Waals surface area contributed by atoms with Crippen molar-refractivity contribution in [2.75, 3.05) is 18.5 Å². The monoisotopic (exact) mass is 408 g/mol. The number of nitro benzene ring substituents is 1. The van der Waals surface area contributed by atoms with Crippen LogP contribution < -0.4 is 5.43 Å². The summed E-state index contributed by atoms with van der Waals surface area (Å²) in [5, 5.41) is 15.9. The fraction of sp³-hybridized carbons (Fsp3) is 0.235. The van der Waals surface area contributed by atoms with Gasteiger partial charge in [-0.2, -0.15) is 9.41 Å². The largest absolute Gasteiger partial charge is 0.295 e. The van der Waals surface area contributed by atoms with E-state index in [-0.39, 0.29) is 16.3 Å². The topological polar surface area (TPSA) is 105 Å². The first-order valence-electron chi connectivity index (χ1n) is 8.21. The van der Waals surface area contributed by atoms with Crippen molar-refractivity contribution in [3.63, 3.8) is 0 Å². The lowest BCUT2D eigenvalue weighted by atomic mass is 10.2. The quantitative estimate of drug-likeness (QED) is 0.447. The average Bonchev–Trinajstić information content (AvgIpc) is 3.19. The molecule has 0 atom stereocenters. The summed E-state index contributed by atoms with van der Waals surface area (Å²) in [4.78, 5) is 10.7. The summed E-state index contributed by atoms with van der Waals surface area (Å²) in [5.41, 5.74) is 3.09. The highest BCUT2D eigenvalue weighted by molar-refractivity contribution is 7.89. The average molecular weight is 409 g/mol. The van der Waals surface area contributed by atoms with Gasteiger partial charge in [0.1, 0.15) is 5.69 Å².